The van der Waals surface area contributed by atoms with Crippen molar-refractivity contribution >= 4 is 17.6 Å². The minimum absolute atomic E-state index is 0.112. The van der Waals surface area contributed by atoms with Gasteiger partial charge in [-0.1, -0.05) is 18.2 Å². The maximum Gasteiger partial charge on any atom is 0.337 e. The fraction of sp³-hybridized carbons (Fsp3) is 0.222. The number of esters is 1. The number of anilines is 1. The fourth-order valence-electron chi connectivity index (χ4n) is 2.06. The highest BCUT2D eigenvalue weighted by Crippen LogP contribution is 2.12. The van der Waals surface area contributed by atoms with Crippen LogP contribution in [-0.2, 0) is 16.1 Å². The monoisotopic (exact) mass is 328 g/mol. The molecule has 1 amide bonds. The van der Waals surface area contributed by atoms with Gasteiger partial charge in [0.2, 0.25) is 5.91 Å². The molecule has 0 atom stereocenters. The van der Waals surface area contributed by atoms with Crippen LogP contribution in [0.3, 0.4) is 0 Å². The number of benzene rings is 2. The maximum absolute atomic E-state index is 11.9. The molecule has 0 fully saturated rings. The largest absolute Gasteiger partial charge is 0.497 e. The van der Waals surface area contributed by atoms with Crippen LogP contribution < -0.4 is 15.4 Å². The van der Waals surface area contributed by atoms with Crippen molar-refractivity contribution in [1.82, 2.24) is 5.32 Å². The number of hydrogen-bond donors (Lipinski definition) is 2. The van der Waals surface area contributed by atoms with Crippen molar-refractivity contribution in [2.75, 3.05) is 26.1 Å². The first-order chi connectivity index (χ1) is 11.6. The molecule has 0 aliphatic carbocycles. The highest BCUT2D eigenvalue weighted by Gasteiger charge is 2.06. The van der Waals surface area contributed by atoms with Gasteiger partial charge in [-0.25, -0.2) is 4.79 Å². The Labute approximate surface area is 140 Å². The van der Waals surface area contributed by atoms with Crippen molar-refractivity contribution < 1.29 is 19.1 Å². The van der Waals surface area contributed by atoms with Gasteiger partial charge in [0.25, 0.3) is 0 Å². The molecule has 0 aliphatic heterocycles. The quantitative estimate of drug-likeness (QED) is 0.762. The van der Waals surface area contributed by atoms with E-state index in [1.54, 1.807) is 31.4 Å². The van der Waals surface area contributed by atoms with E-state index >= 15 is 0 Å². The Morgan fingerprint density at radius 1 is 1.04 bits per heavy atom. The molecule has 6 nitrogen and oxygen atoms in total. The van der Waals surface area contributed by atoms with Crippen LogP contribution in [0.5, 0.6) is 5.75 Å². The number of methoxy groups -OCH3 is 2. The Balaban J connectivity index is 1.81. The fourth-order valence-corrected chi connectivity index (χ4v) is 2.06. The van der Waals surface area contributed by atoms with Crippen molar-refractivity contribution in [1.29, 1.82) is 0 Å². The van der Waals surface area contributed by atoms with Gasteiger partial charge in [-0.2, -0.15) is 0 Å². The highest BCUT2D eigenvalue weighted by molar-refractivity contribution is 5.90. The average Bonchev–Trinajstić information content (AvgIpc) is 2.64. The lowest BCUT2D eigenvalue weighted by atomic mass is 10.2. The lowest BCUT2D eigenvalue weighted by molar-refractivity contribution is -0.119. The highest BCUT2D eigenvalue weighted by atomic mass is 16.5. The summed E-state index contributed by atoms with van der Waals surface area (Å²) in [6.07, 6.45) is 0. The number of carbonyl (C=O) groups is 2. The molecule has 126 valence electrons. The predicted octanol–water partition coefficient (Wildman–Crippen LogP) is 2.21. The van der Waals surface area contributed by atoms with Gasteiger partial charge in [0.05, 0.1) is 26.3 Å². The minimum atomic E-state index is -0.414. The Morgan fingerprint density at radius 3 is 2.46 bits per heavy atom. The molecule has 0 aliphatic rings. The molecule has 0 spiro atoms. The second-order valence-electron chi connectivity index (χ2n) is 5.05. The van der Waals surface area contributed by atoms with Crippen molar-refractivity contribution in [3.05, 3.63) is 59.7 Å². The van der Waals surface area contributed by atoms with Gasteiger partial charge < -0.3 is 20.1 Å². The molecule has 6 heteroatoms. The summed E-state index contributed by atoms with van der Waals surface area (Å²) in [5, 5.41) is 5.80. The Bertz CT molecular complexity index is 698. The topological polar surface area (TPSA) is 76.7 Å². The minimum Gasteiger partial charge on any atom is -0.497 e. The first-order valence-electron chi connectivity index (χ1n) is 7.44. The second-order valence-corrected chi connectivity index (χ2v) is 5.05. The summed E-state index contributed by atoms with van der Waals surface area (Å²) in [6, 6.07) is 14.3. The first kappa shape index (κ1) is 17.3. The predicted molar refractivity (Wildman–Crippen MR) is 91.1 cm³/mol. The van der Waals surface area contributed by atoms with Gasteiger partial charge >= 0.3 is 5.97 Å². The van der Waals surface area contributed by atoms with Crippen LogP contribution in [0.2, 0.25) is 0 Å². The zero-order valence-corrected chi connectivity index (χ0v) is 13.7. The number of amides is 1. The third-order valence-electron chi connectivity index (χ3n) is 3.39. The molecule has 0 unspecified atom stereocenters. The molecule has 0 saturated carbocycles. The third-order valence-corrected chi connectivity index (χ3v) is 3.39. The molecule has 24 heavy (non-hydrogen) atoms. The number of nitrogens with one attached hydrogen (secondary N) is 2. The van der Waals surface area contributed by atoms with E-state index in [2.05, 4.69) is 15.4 Å². The van der Waals surface area contributed by atoms with Crippen molar-refractivity contribution in [2.24, 2.45) is 0 Å². The molecule has 0 radical (unpaired) electrons. The standard InChI is InChI=1S/C18H20N2O4/c1-23-16-8-6-13(7-9-16)11-20-17(21)12-19-15-5-3-4-14(10-15)18(22)24-2/h3-10,19H,11-12H2,1-2H3,(H,20,21). The van der Waals surface area contributed by atoms with E-state index < -0.39 is 5.97 Å². The molecule has 0 bridgehead atoms. The Morgan fingerprint density at radius 2 is 1.79 bits per heavy atom. The summed E-state index contributed by atoms with van der Waals surface area (Å²) in [6.45, 7) is 0.549. The van der Waals surface area contributed by atoms with Crippen LogP contribution in [0.1, 0.15) is 15.9 Å². The number of ether oxygens (including phenoxy) is 2. The lowest BCUT2D eigenvalue weighted by Crippen LogP contribution is -2.29. The number of rotatable bonds is 7. The van der Waals surface area contributed by atoms with Crippen LogP contribution in [-0.4, -0.2) is 32.6 Å². The van der Waals surface area contributed by atoms with Gasteiger partial charge in [0, 0.05) is 12.2 Å². The molecule has 0 aromatic heterocycles. The summed E-state index contributed by atoms with van der Waals surface area (Å²) in [7, 11) is 2.94. The molecular weight excluding hydrogens is 308 g/mol. The van der Waals surface area contributed by atoms with E-state index in [1.165, 1.54) is 7.11 Å². The van der Waals surface area contributed by atoms with Gasteiger partial charge in [-0.3, -0.25) is 4.79 Å². The summed E-state index contributed by atoms with van der Waals surface area (Å²) < 4.78 is 9.75. The molecular formula is C18H20N2O4. The molecule has 2 aromatic rings. The Hall–Kier alpha value is -3.02. The zero-order valence-electron chi connectivity index (χ0n) is 13.7. The molecule has 2 N–H and O–H groups in total. The van der Waals surface area contributed by atoms with E-state index in [4.69, 9.17) is 4.74 Å². The second kappa shape index (κ2) is 8.57. The van der Waals surface area contributed by atoms with Crippen molar-refractivity contribution in [3.63, 3.8) is 0 Å². The van der Waals surface area contributed by atoms with E-state index in [1.807, 2.05) is 24.3 Å². The van der Waals surface area contributed by atoms with Gasteiger partial charge in [-0.05, 0) is 35.9 Å². The third kappa shape index (κ3) is 5.01. The van der Waals surface area contributed by atoms with E-state index in [0.29, 0.717) is 17.8 Å². The first-order valence-corrected chi connectivity index (χ1v) is 7.44. The summed E-state index contributed by atoms with van der Waals surface area (Å²) >= 11 is 0. The lowest BCUT2D eigenvalue weighted by Gasteiger charge is -2.09. The normalized spacial score (nSPS) is 9.92. The van der Waals surface area contributed by atoms with Gasteiger partial charge in [0.15, 0.2) is 0 Å². The average molecular weight is 328 g/mol. The van der Waals surface area contributed by atoms with Crippen LogP contribution in [0.15, 0.2) is 48.5 Å². The van der Waals surface area contributed by atoms with E-state index in [9.17, 15) is 9.59 Å². The van der Waals surface area contributed by atoms with Gasteiger partial charge in [0.1, 0.15) is 5.75 Å². The molecule has 0 saturated heterocycles. The van der Waals surface area contributed by atoms with Crippen LogP contribution >= 0.6 is 0 Å². The van der Waals surface area contributed by atoms with Crippen LogP contribution in [0.25, 0.3) is 0 Å². The maximum atomic E-state index is 11.9. The molecule has 2 aromatic carbocycles. The summed E-state index contributed by atoms with van der Waals surface area (Å²) in [4.78, 5) is 23.4. The van der Waals surface area contributed by atoms with Gasteiger partial charge in [-0.15, -0.1) is 0 Å². The van der Waals surface area contributed by atoms with Crippen LogP contribution in [0.4, 0.5) is 5.69 Å². The van der Waals surface area contributed by atoms with E-state index in [-0.39, 0.29) is 12.5 Å². The summed E-state index contributed by atoms with van der Waals surface area (Å²) in [5.74, 6) is 0.217. The smallest absolute Gasteiger partial charge is 0.337 e. The number of carbonyl (C=O) groups excluding carboxylic acids is 2. The molecule has 2 rings (SSSR count). The molecule has 0 heterocycles. The Kier molecular flexibility index (Phi) is 6.19. The van der Waals surface area contributed by atoms with Crippen molar-refractivity contribution in [3.8, 4) is 5.75 Å². The van der Waals surface area contributed by atoms with Crippen molar-refractivity contribution in [2.45, 2.75) is 6.54 Å². The zero-order chi connectivity index (χ0) is 17.4. The SMILES string of the molecule is COC(=O)c1cccc(NCC(=O)NCc2ccc(OC)cc2)c1. The summed E-state index contributed by atoms with van der Waals surface area (Å²) in [5.41, 5.74) is 2.09. The number of hydrogen-bond acceptors (Lipinski definition) is 5. The van der Waals surface area contributed by atoms with Crippen LogP contribution in [0, 0.1) is 0 Å². The van der Waals surface area contributed by atoms with E-state index in [0.717, 1.165) is 11.3 Å².